The predicted molar refractivity (Wildman–Crippen MR) is 167 cm³/mol. The van der Waals surface area contributed by atoms with E-state index in [2.05, 4.69) is 53.4 Å². The van der Waals surface area contributed by atoms with Gasteiger partial charge < -0.3 is 25.0 Å². The van der Waals surface area contributed by atoms with Crippen molar-refractivity contribution in [1.29, 1.82) is 0 Å². The van der Waals surface area contributed by atoms with Crippen molar-refractivity contribution in [2.45, 2.75) is 112 Å². The van der Waals surface area contributed by atoms with Gasteiger partial charge in [-0.1, -0.05) is 46.8 Å². The number of hydrogen-bond donors (Lipinski definition) is 3. The van der Waals surface area contributed by atoms with Crippen LogP contribution in [0.4, 0.5) is 0 Å². The average molecular weight is 602 g/mol. The highest BCUT2D eigenvalue weighted by atomic mass is 16.5. The Bertz CT molecular complexity index is 1090. The van der Waals surface area contributed by atoms with Gasteiger partial charge in [0.25, 0.3) is 0 Å². The lowest BCUT2D eigenvalue weighted by molar-refractivity contribution is -0.246. The number of carbonyl (C=O) groups is 2. The number of aliphatic hydroxyl groups excluding tert-OH is 1. The van der Waals surface area contributed by atoms with Gasteiger partial charge in [0, 0.05) is 6.54 Å². The van der Waals surface area contributed by atoms with Crippen LogP contribution in [0.25, 0.3) is 0 Å². The summed E-state index contributed by atoms with van der Waals surface area (Å²) in [6.45, 7) is 20.1. The number of nitrogens with one attached hydrogen (secondary N) is 1. The standard InChI is InChI=1S/C36H59NO6/c1-23(2)24-10-15-36(31(41)37-18-19-42-20-21-43-22-29(39)40)17-16-34(6)25(30(24)36)8-9-27-33(5)13-12-28(38)32(3,4)26(33)11-14-35(27,34)7/h24-28,30,38H,1,8-22H2,2-7H3,(H,37,41)(H,39,40)/t24-,25+,26-,27+,28-,30+,33-,34+,35+,36-/m0/s1. The summed E-state index contributed by atoms with van der Waals surface area (Å²) in [6.07, 6.45) is 10.7. The molecule has 0 saturated heterocycles. The van der Waals surface area contributed by atoms with E-state index in [1.807, 2.05) is 0 Å². The van der Waals surface area contributed by atoms with Crippen LogP contribution >= 0.6 is 0 Å². The summed E-state index contributed by atoms with van der Waals surface area (Å²) in [4.78, 5) is 24.7. The molecule has 0 aromatic heterocycles. The molecule has 5 fully saturated rings. The minimum atomic E-state index is -0.989. The molecule has 7 heteroatoms. The number of allylic oxidation sites excluding steroid dienone is 1. The zero-order valence-electron chi connectivity index (χ0n) is 27.8. The van der Waals surface area contributed by atoms with E-state index in [9.17, 15) is 14.7 Å². The highest BCUT2D eigenvalue weighted by Crippen LogP contribution is 2.77. The van der Waals surface area contributed by atoms with Gasteiger partial charge in [-0.2, -0.15) is 0 Å². The first-order chi connectivity index (χ1) is 20.1. The number of hydrogen-bond acceptors (Lipinski definition) is 5. The Morgan fingerprint density at radius 1 is 0.837 bits per heavy atom. The number of ether oxygens (including phenoxy) is 2. The minimum Gasteiger partial charge on any atom is -0.480 e. The molecule has 0 heterocycles. The third-order valence-corrected chi connectivity index (χ3v) is 14.6. The molecule has 0 aromatic rings. The normalized spacial score (nSPS) is 44.8. The Kier molecular flexibility index (Phi) is 8.99. The summed E-state index contributed by atoms with van der Waals surface area (Å²) in [6, 6.07) is 0. The molecular formula is C36H59NO6. The van der Waals surface area contributed by atoms with Crippen LogP contribution in [0.3, 0.4) is 0 Å². The minimum absolute atomic E-state index is 0.0440. The van der Waals surface area contributed by atoms with Gasteiger partial charge in [-0.15, -0.1) is 0 Å². The van der Waals surface area contributed by atoms with E-state index in [0.29, 0.717) is 49.3 Å². The van der Waals surface area contributed by atoms with Crippen LogP contribution in [-0.2, 0) is 19.1 Å². The van der Waals surface area contributed by atoms with Gasteiger partial charge in [-0.25, -0.2) is 4.79 Å². The van der Waals surface area contributed by atoms with Crippen molar-refractivity contribution in [3.8, 4) is 0 Å². The first-order valence-corrected chi connectivity index (χ1v) is 17.1. The molecule has 0 unspecified atom stereocenters. The number of aliphatic carboxylic acids is 1. The summed E-state index contributed by atoms with van der Waals surface area (Å²) in [5.41, 5.74) is 1.49. The second-order valence-corrected chi connectivity index (χ2v) is 16.5. The molecule has 5 aliphatic rings. The van der Waals surface area contributed by atoms with Crippen molar-refractivity contribution >= 4 is 11.9 Å². The fourth-order valence-corrected chi connectivity index (χ4v) is 12.3. The maximum absolute atomic E-state index is 14.2. The van der Waals surface area contributed by atoms with Gasteiger partial charge in [0.05, 0.1) is 31.3 Å². The third kappa shape index (κ3) is 5.12. The van der Waals surface area contributed by atoms with E-state index in [1.165, 1.54) is 31.3 Å². The van der Waals surface area contributed by atoms with Gasteiger partial charge in [-0.3, -0.25) is 4.79 Å². The summed E-state index contributed by atoms with van der Waals surface area (Å²) < 4.78 is 10.6. The Labute approximate surface area is 259 Å². The molecule has 1 amide bonds. The third-order valence-electron chi connectivity index (χ3n) is 14.6. The first-order valence-electron chi connectivity index (χ1n) is 17.1. The molecule has 5 rings (SSSR count). The largest absolute Gasteiger partial charge is 0.480 e. The topological polar surface area (TPSA) is 105 Å². The van der Waals surface area contributed by atoms with Crippen LogP contribution in [-0.4, -0.2) is 61.2 Å². The van der Waals surface area contributed by atoms with E-state index in [1.54, 1.807) is 0 Å². The Balaban J connectivity index is 1.34. The van der Waals surface area contributed by atoms with E-state index in [-0.39, 0.29) is 52.3 Å². The number of carboxylic acid groups (broad SMARTS) is 1. The van der Waals surface area contributed by atoms with Gasteiger partial charge in [0.15, 0.2) is 0 Å². The lowest BCUT2D eigenvalue weighted by Crippen LogP contribution is -2.67. The van der Waals surface area contributed by atoms with Gasteiger partial charge in [0.1, 0.15) is 6.61 Å². The zero-order chi connectivity index (χ0) is 31.4. The molecule has 0 spiro atoms. The molecule has 43 heavy (non-hydrogen) atoms. The lowest BCUT2D eigenvalue weighted by Gasteiger charge is -2.72. The second-order valence-electron chi connectivity index (χ2n) is 16.5. The summed E-state index contributed by atoms with van der Waals surface area (Å²) in [5, 5.41) is 23.0. The van der Waals surface area contributed by atoms with Crippen molar-refractivity contribution in [3.05, 3.63) is 12.2 Å². The van der Waals surface area contributed by atoms with Crippen molar-refractivity contribution in [3.63, 3.8) is 0 Å². The van der Waals surface area contributed by atoms with Crippen molar-refractivity contribution in [1.82, 2.24) is 5.32 Å². The van der Waals surface area contributed by atoms with Gasteiger partial charge in [0.2, 0.25) is 5.91 Å². The molecule has 0 aliphatic heterocycles. The molecule has 244 valence electrons. The Hall–Kier alpha value is -1.44. The van der Waals surface area contributed by atoms with Crippen LogP contribution in [0.15, 0.2) is 12.2 Å². The van der Waals surface area contributed by atoms with Crippen molar-refractivity contribution in [2.75, 3.05) is 33.0 Å². The molecule has 0 bridgehead atoms. The number of rotatable bonds is 10. The number of amides is 1. The summed E-state index contributed by atoms with van der Waals surface area (Å²) in [5.74, 6) is 1.61. The van der Waals surface area contributed by atoms with Crippen molar-refractivity contribution < 1.29 is 29.3 Å². The second kappa shape index (κ2) is 11.7. The van der Waals surface area contributed by atoms with Gasteiger partial charge >= 0.3 is 5.97 Å². The van der Waals surface area contributed by atoms with Crippen LogP contribution < -0.4 is 5.32 Å². The molecule has 3 N–H and O–H groups in total. The zero-order valence-corrected chi connectivity index (χ0v) is 27.8. The smallest absolute Gasteiger partial charge is 0.329 e. The Morgan fingerprint density at radius 3 is 2.26 bits per heavy atom. The van der Waals surface area contributed by atoms with Crippen LogP contribution in [0.5, 0.6) is 0 Å². The summed E-state index contributed by atoms with van der Waals surface area (Å²) >= 11 is 0. The molecular weight excluding hydrogens is 542 g/mol. The van der Waals surface area contributed by atoms with Crippen LogP contribution in [0.2, 0.25) is 0 Å². The molecule has 0 radical (unpaired) electrons. The highest BCUT2D eigenvalue weighted by molar-refractivity contribution is 5.84. The number of carboxylic acids is 1. The lowest BCUT2D eigenvalue weighted by atomic mass is 9.32. The number of carbonyl (C=O) groups excluding carboxylic acids is 1. The molecule has 0 aromatic carbocycles. The van der Waals surface area contributed by atoms with Gasteiger partial charge in [-0.05, 0) is 122 Å². The van der Waals surface area contributed by atoms with Crippen LogP contribution in [0, 0.1) is 56.7 Å². The van der Waals surface area contributed by atoms with E-state index >= 15 is 0 Å². The molecule has 7 nitrogen and oxygen atoms in total. The molecule has 5 saturated carbocycles. The van der Waals surface area contributed by atoms with Crippen molar-refractivity contribution in [2.24, 2.45) is 56.7 Å². The predicted octanol–water partition coefficient (Wildman–Crippen LogP) is 6.24. The molecule has 10 atom stereocenters. The Morgan fingerprint density at radius 2 is 1.56 bits per heavy atom. The number of aliphatic hydroxyl groups is 1. The highest BCUT2D eigenvalue weighted by Gasteiger charge is 2.71. The summed E-state index contributed by atoms with van der Waals surface area (Å²) in [7, 11) is 0. The maximum Gasteiger partial charge on any atom is 0.329 e. The average Bonchev–Trinajstić information content (AvgIpc) is 3.34. The fourth-order valence-electron chi connectivity index (χ4n) is 12.3. The van der Waals surface area contributed by atoms with E-state index < -0.39 is 5.97 Å². The SMILES string of the molecule is C=C(C)[C@@H]1CC[C@]2(C(=O)NCCOCCOCC(=O)O)CC[C@]3(C)[C@H](CC[C@@H]4[C@@]5(C)CC[C@H](O)C(C)(C)[C@@H]5CC[C@]43C)[C@@H]12. The monoisotopic (exact) mass is 601 g/mol. The van der Waals surface area contributed by atoms with E-state index in [4.69, 9.17) is 14.6 Å². The first kappa shape index (κ1) is 32.9. The quantitative estimate of drug-likeness (QED) is 0.202. The number of fused-ring (bicyclic) bond motifs is 7. The maximum atomic E-state index is 14.2. The van der Waals surface area contributed by atoms with Crippen LogP contribution in [0.1, 0.15) is 106 Å². The van der Waals surface area contributed by atoms with E-state index in [0.717, 1.165) is 38.5 Å². The fraction of sp³-hybridized carbons (Fsp3) is 0.889. The molecule has 5 aliphatic carbocycles.